The van der Waals surface area contributed by atoms with E-state index < -0.39 is 0 Å². The molecule has 2 aromatic carbocycles. The van der Waals surface area contributed by atoms with Gasteiger partial charge in [-0.05, 0) is 35.7 Å². The number of amides is 1. The first-order valence-corrected chi connectivity index (χ1v) is 10.7. The lowest BCUT2D eigenvalue weighted by Crippen LogP contribution is -2.22. The zero-order valence-corrected chi connectivity index (χ0v) is 17.6. The number of aromatic nitrogens is 3. The van der Waals surface area contributed by atoms with Gasteiger partial charge in [-0.2, -0.15) is 0 Å². The van der Waals surface area contributed by atoms with Crippen LogP contribution in [0.15, 0.2) is 71.9 Å². The third-order valence-corrected chi connectivity index (χ3v) is 5.36. The van der Waals surface area contributed by atoms with Crippen molar-refractivity contribution in [1.82, 2.24) is 19.9 Å². The van der Waals surface area contributed by atoms with Crippen LogP contribution in [0.4, 0.5) is 0 Å². The van der Waals surface area contributed by atoms with Crippen molar-refractivity contribution >= 4 is 16.9 Å². The molecule has 6 heteroatoms. The lowest BCUT2D eigenvalue weighted by atomic mass is 10.0. The number of hydrogen-bond donors (Lipinski definition) is 2. The summed E-state index contributed by atoms with van der Waals surface area (Å²) >= 11 is 0. The van der Waals surface area contributed by atoms with Crippen LogP contribution in [0, 0.1) is 0 Å². The summed E-state index contributed by atoms with van der Waals surface area (Å²) < 4.78 is 1.93. The van der Waals surface area contributed by atoms with E-state index in [2.05, 4.69) is 22.2 Å². The molecule has 31 heavy (non-hydrogen) atoms. The molecule has 0 radical (unpaired) electrons. The lowest BCUT2D eigenvalue weighted by Gasteiger charge is -2.07. The van der Waals surface area contributed by atoms with E-state index in [1.165, 1.54) is 6.33 Å². The highest BCUT2D eigenvalue weighted by Crippen LogP contribution is 2.30. The second-order valence-electron chi connectivity index (χ2n) is 7.61. The number of nitrogens with zero attached hydrogens (tertiary/aromatic N) is 2. The Labute approximate surface area is 181 Å². The molecule has 0 aliphatic carbocycles. The van der Waals surface area contributed by atoms with Gasteiger partial charge in [0.15, 0.2) is 5.65 Å². The van der Waals surface area contributed by atoms with Gasteiger partial charge in [-0.3, -0.25) is 9.59 Å². The van der Waals surface area contributed by atoms with Crippen LogP contribution in [-0.2, 0) is 11.3 Å². The van der Waals surface area contributed by atoms with Gasteiger partial charge in [-0.1, -0.05) is 56.2 Å². The van der Waals surface area contributed by atoms with E-state index in [0.29, 0.717) is 24.0 Å². The van der Waals surface area contributed by atoms with E-state index in [0.717, 1.165) is 41.6 Å². The molecule has 0 atom stereocenters. The van der Waals surface area contributed by atoms with Gasteiger partial charge in [-0.15, -0.1) is 0 Å². The van der Waals surface area contributed by atoms with Gasteiger partial charge < -0.3 is 14.9 Å². The van der Waals surface area contributed by atoms with E-state index in [4.69, 9.17) is 0 Å². The fourth-order valence-electron chi connectivity index (χ4n) is 3.75. The van der Waals surface area contributed by atoms with Crippen molar-refractivity contribution < 1.29 is 4.79 Å². The summed E-state index contributed by atoms with van der Waals surface area (Å²) in [5.74, 6) is 0.0696. The van der Waals surface area contributed by atoms with Crippen LogP contribution < -0.4 is 10.9 Å². The molecule has 0 aliphatic heterocycles. The van der Waals surface area contributed by atoms with Crippen LogP contribution in [-0.4, -0.2) is 20.4 Å². The summed E-state index contributed by atoms with van der Waals surface area (Å²) in [6.07, 6.45) is 7.01. The molecule has 2 aromatic heterocycles. The molecule has 0 spiro atoms. The molecule has 0 unspecified atom stereocenters. The van der Waals surface area contributed by atoms with Crippen molar-refractivity contribution in [3.8, 4) is 16.8 Å². The van der Waals surface area contributed by atoms with Crippen molar-refractivity contribution in [1.29, 1.82) is 0 Å². The molecule has 4 rings (SSSR count). The Hall–Kier alpha value is -3.67. The molecule has 1 amide bonds. The van der Waals surface area contributed by atoms with E-state index >= 15 is 0 Å². The number of carbonyl (C=O) groups is 1. The summed E-state index contributed by atoms with van der Waals surface area (Å²) in [6.45, 7) is 2.59. The fourth-order valence-corrected chi connectivity index (χ4v) is 3.75. The molecule has 0 saturated heterocycles. The molecule has 0 fully saturated rings. The maximum Gasteiger partial charge on any atom is 0.260 e. The summed E-state index contributed by atoms with van der Waals surface area (Å²) in [5, 5.41) is 3.54. The molecule has 2 N–H and O–H groups in total. The molecule has 0 saturated carbocycles. The fraction of sp³-hybridized carbons (Fsp3) is 0.240. The summed E-state index contributed by atoms with van der Waals surface area (Å²) in [4.78, 5) is 31.9. The van der Waals surface area contributed by atoms with Gasteiger partial charge in [0, 0.05) is 30.4 Å². The number of para-hydroxylation sites is 1. The third-order valence-electron chi connectivity index (χ3n) is 5.36. The summed E-state index contributed by atoms with van der Waals surface area (Å²) in [5.41, 5.74) is 4.08. The van der Waals surface area contributed by atoms with E-state index in [-0.39, 0.29) is 11.5 Å². The number of unbranched alkanes of at least 4 members (excludes halogenated alkanes) is 2. The van der Waals surface area contributed by atoms with Crippen LogP contribution in [0.25, 0.3) is 27.8 Å². The average Bonchev–Trinajstić information content (AvgIpc) is 3.20. The first-order valence-electron chi connectivity index (χ1n) is 10.7. The zero-order chi connectivity index (χ0) is 21.6. The Morgan fingerprint density at radius 1 is 1.10 bits per heavy atom. The standard InChI is InChI=1S/C25H26N4O2/c1-2-3-5-13-22(30)26-15-18-9-8-10-19(14-18)21-16-29(20-11-6-4-7-12-20)24-23(21)25(31)28-17-27-24/h4,6-12,14,16-17H,2-3,5,13,15H2,1H3,(H,26,30)(H,27,28,31). The summed E-state index contributed by atoms with van der Waals surface area (Å²) in [7, 11) is 0. The second-order valence-corrected chi connectivity index (χ2v) is 7.61. The van der Waals surface area contributed by atoms with Crippen LogP contribution in [0.3, 0.4) is 0 Å². The van der Waals surface area contributed by atoms with Crippen molar-refractivity contribution in [2.75, 3.05) is 0 Å². The smallest absolute Gasteiger partial charge is 0.260 e. The predicted molar refractivity (Wildman–Crippen MR) is 123 cm³/mol. The average molecular weight is 415 g/mol. The number of nitrogens with one attached hydrogen (secondary N) is 2. The number of hydrogen-bond acceptors (Lipinski definition) is 3. The number of rotatable bonds is 8. The van der Waals surface area contributed by atoms with Gasteiger partial charge >= 0.3 is 0 Å². The van der Waals surface area contributed by atoms with Crippen molar-refractivity contribution in [2.45, 2.75) is 39.2 Å². The minimum atomic E-state index is -0.177. The van der Waals surface area contributed by atoms with E-state index in [9.17, 15) is 9.59 Å². The number of H-pyrrole nitrogens is 1. The number of carbonyl (C=O) groups excluding carboxylic acids is 1. The van der Waals surface area contributed by atoms with Crippen LogP contribution in [0.5, 0.6) is 0 Å². The Balaban J connectivity index is 1.66. The number of fused-ring (bicyclic) bond motifs is 1. The minimum absolute atomic E-state index is 0.0696. The molecule has 6 nitrogen and oxygen atoms in total. The molecular formula is C25H26N4O2. The lowest BCUT2D eigenvalue weighted by molar-refractivity contribution is -0.121. The summed E-state index contributed by atoms with van der Waals surface area (Å²) in [6, 6.07) is 17.8. The largest absolute Gasteiger partial charge is 0.352 e. The normalized spacial score (nSPS) is 11.0. The Morgan fingerprint density at radius 3 is 2.74 bits per heavy atom. The molecular weight excluding hydrogens is 388 g/mol. The van der Waals surface area contributed by atoms with E-state index in [1.54, 1.807) is 0 Å². The Morgan fingerprint density at radius 2 is 1.94 bits per heavy atom. The van der Waals surface area contributed by atoms with Gasteiger partial charge in [0.1, 0.15) is 0 Å². The molecule has 158 valence electrons. The Kier molecular flexibility index (Phi) is 6.26. The molecule has 2 heterocycles. The van der Waals surface area contributed by atoms with Crippen molar-refractivity contribution in [2.24, 2.45) is 0 Å². The van der Waals surface area contributed by atoms with E-state index in [1.807, 2.05) is 65.4 Å². The highest BCUT2D eigenvalue weighted by Gasteiger charge is 2.16. The minimum Gasteiger partial charge on any atom is -0.352 e. The van der Waals surface area contributed by atoms with Crippen molar-refractivity contribution in [3.63, 3.8) is 0 Å². The number of benzene rings is 2. The predicted octanol–water partition coefficient (Wildman–Crippen LogP) is 4.58. The maximum absolute atomic E-state index is 12.7. The van der Waals surface area contributed by atoms with Crippen LogP contribution in [0.2, 0.25) is 0 Å². The SMILES string of the molecule is CCCCCC(=O)NCc1cccc(-c2cn(-c3ccccc3)c3nc[nH]c(=O)c23)c1. The quantitative estimate of drug-likeness (QED) is 0.414. The molecule has 0 aliphatic rings. The highest BCUT2D eigenvalue weighted by atomic mass is 16.1. The van der Waals surface area contributed by atoms with Crippen molar-refractivity contribution in [3.05, 3.63) is 83.0 Å². The second kappa shape index (κ2) is 9.43. The van der Waals surface area contributed by atoms with Crippen LogP contribution >= 0.6 is 0 Å². The first-order chi connectivity index (χ1) is 15.2. The Bertz CT molecular complexity index is 1240. The monoisotopic (exact) mass is 414 g/mol. The van der Waals surface area contributed by atoms with Gasteiger partial charge in [0.25, 0.3) is 5.56 Å². The van der Waals surface area contributed by atoms with Crippen LogP contribution in [0.1, 0.15) is 38.2 Å². The van der Waals surface area contributed by atoms with Gasteiger partial charge in [-0.25, -0.2) is 4.98 Å². The topological polar surface area (TPSA) is 79.8 Å². The third kappa shape index (κ3) is 4.58. The maximum atomic E-state index is 12.7. The first kappa shape index (κ1) is 20.6. The number of aromatic amines is 1. The van der Waals surface area contributed by atoms with Gasteiger partial charge in [0.2, 0.25) is 5.91 Å². The molecule has 0 bridgehead atoms. The highest BCUT2D eigenvalue weighted by molar-refractivity contribution is 5.94. The van der Waals surface area contributed by atoms with Gasteiger partial charge in [0.05, 0.1) is 11.7 Å². The zero-order valence-electron chi connectivity index (χ0n) is 17.6. The molecule has 4 aromatic rings.